The zero-order valence-electron chi connectivity index (χ0n) is 9.54. The van der Waals surface area contributed by atoms with E-state index in [0.29, 0.717) is 5.92 Å². The lowest BCUT2D eigenvalue weighted by Crippen LogP contribution is -2.34. The van der Waals surface area contributed by atoms with Crippen LogP contribution in [0.15, 0.2) is 18.3 Å². The van der Waals surface area contributed by atoms with Gasteiger partial charge in [-0.1, -0.05) is 0 Å². The van der Waals surface area contributed by atoms with Gasteiger partial charge in [-0.3, -0.25) is 0 Å². The van der Waals surface area contributed by atoms with Crippen molar-refractivity contribution < 1.29 is 15.0 Å². The predicted molar refractivity (Wildman–Crippen MR) is 63.2 cm³/mol. The summed E-state index contributed by atoms with van der Waals surface area (Å²) < 4.78 is 0. The van der Waals surface area contributed by atoms with Gasteiger partial charge in [0, 0.05) is 19.7 Å². The van der Waals surface area contributed by atoms with E-state index in [0.717, 1.165) is 31.6 Å². The zero-order valence-corrected chi connectivity index (χ0v) is 9.54. The first-order valence-corrected chi connectivity index (χ1v) is 5.76. The summed E-state index contributed by atoms with van der Waals surface area (Å²) in [5.74, 6) is -0.604. The fraction of sp³-hybridized carbons (Fsp3) is 0.500. The first kappa shape index (κ1) is 11.9. The number of nitrogens with zero attached hydrogens (tertiary/aromatic N) is 2. The monoisotopic (exact) mass is 236 g/mol. The molecule has 1 aromatic heterocycles. The lowest BCUT2D eigenvalue weighted by atomic mass is 9.98. The van der Waals surface area contributed by atoms with Crippen molar-refractivity contribution in [2.45, 2.75) is 12.8 Å². The van der Waals surface area contributed by atoms with Gasteiger partial charge in [0.2, 0.25) is 0 Å². The third-order valence-electron chi connectivity index (χ3n) is 3.20. The van der Waals surface area contributed by atoms with Crippen molar-refractivity contribution in [3.8, 4) is 0 Å². The molecule has 0 spiro atoms. The molecule has 1 fully saturated rings. The third kappa shape index (κ3) is 2.74. The number of pyridine rings is 1. The standard InChI is InChI=1S/C12H16N2O3/c15-8-9-3-5-14(6-4-9)10-1-2-11(12(16)17)13-7-10/h1-2,7,9,15H,3-6,8H2,(H,16,17). The molecule has 1 aromatic rings. The van der Waals surface area contributed by atoms with Crippen LogP contribution in [0.4, 0.5) is 5.69 Å². The van der Waals surface area contributed by atoms with E-state index in [1.54, 1.807) is 12.3 Å². The first-order valence-electron chi connectivity index (χ1n) is 5.76. The van der Waals surface area contributed by atoms with E-state index in [4.69, 9.17) is 10.2 Å². The highest BCUT2D eigenvalue weighted by atomic mass is 16.4. The van der Waals surface area contributed by atoms with Crippen LogP contribution in [0.3, 0.4) is 0 Å². The van der Waals surface area contributed by atoms with Crippen LogP contribution in [0.2, 0.25) is 0 Å². The maximum Gasteiger partial charge on any atom is 0.354 e. The lowest BCUT2D eigenvalue weighted by Gasteiger charge is -2.32. The molecule has 0 aromatic carbocycles. The Kier molecular flexibility index (Phi) is 3.58. The van der Waals surface area contributed by atoms with Crippen molar-refractivity contribution in [1.29, 1.82) is 0 Å². The molecule has 17 heavy (non-hydrogen) atoms. The number of piperidine rings is 1. The Bertz CT molecular complexity index is 383. The van der Waals surface area contributed by atoms with E-state index in [9.17, 15) is 4.79 Å². The highest BCUT2D eigenvalue weighted by molar-refractivity contribution is 5.85. The van der Waals surface area contributed by atoms with Gasteiger partial charge >= 0.3 is 5.97 Å². The van der Waals surface area contributed by atoms with Gasteiger partial charge in [-0.25, -0.2) is 9.78 Å². The Morgan fingerprint density at radius 2 is 2.12 bits per heavy atom. The molecule has 0 amide bonds. The number of aliphatic hydroxyl groups excluding tert-OH is 1. The number of aromatic carboxylic acids is 1. The van der Waals surface area contributed by atoms with Crippen LogP contribution in [-0.4, -0.2) is 40.9 Å². The average molecular weight is 236 g/mol. The van der Waals surface area contributed by atoms with Gasteiger partial charge in [0.05, 0.1) is 11.9 Å². The molecule has 5 nitrogen and oxygen atoms in total. The van der Waals surface area contributed by atoms with Gasteiger partial charge in [-0.15, -0.1) is 0 Å². The highest BCUT2D eigenvalue weighted by Crippen LogP contribution is 2.22. The Morgan fingerprint density at radius 1 is 1.41 bits per heavy atom. The van der Waals surface area contributed by atoms with Crippen molar-refractivity contribution in [2.75, 3.05) is 24.6 Å². The molecule has 2 N–H and O–H groups in total. The van der Waals surface area contributed by atoms with Crippen LogP contribution in [0.1, 0.15) is 23.3 Å². The van der Waals surface area contributed by atoms with E-state index in [2.05, 4.69) is 9.88 Å². The quantitative estimate of drug-likeness (QED) is 0.818. The number of carboxylic acid groups (broad SMARTS) is 1. The Labute approximate surface area is 99.7 Å². The second-order valence-corrected chi connectivity index (χ2v) is 4.32. The SMILES string of the molecule is O=C(O)c1ccc(N2CCC(CO)CC2)cn1. The minimum atomic E-state index is -1.00. The second-order valence-electron chi connectivity index (χ2n) is 4.32. The van der Waals surface area contributed by atoms with Crippen molar-refractivity contribution in [1.82, 2.24) is 4.98 Å². The van der Waals surface area contributed by atoms with Crippen LogP contribution in [0, 0.1) is 5.92 Å². The zero-order chi connectivity index (χ0) is 12.3. The summed E-state index contributed by atoms with van der Waals surface area (Å²) in [7, 11) is 0. The average Bonchev–Trinajstić information content (AvgIpc) is 2.39. The number of aromatic nitrogens is 1. The van der Waals surface area contributed by atoms with Gasteiger partial charge in [-0.05, 0) is 30.9 Å². The third-order valence-corrected chi connectivity index (χ3v) is 3.20. The fourth-order valence-corrected chi connectivity index (χ4v) is 2.07. The number of hydrogen-bond acceptors (Lipinski definition) is 4. The number of rotatable bonds is 3. The largest absolute Gasteiger partial charge is 0.477 e. The van der Waals surface area contributed by atoms with Crippen LogP contribution >= 0.6 is 0 Å². The Hall–Kier alpha value is -1.62. The van der Waals surface area contributed by atoms with Crippen molar-refractivity contribution in [3.05, 3.63) is 24.0 Å². The molecule has 0 unspecified atom stereocenters. The fourth-order valence-electron chi connectivity index (χ4n) is 2.07. The van der Waals surface area contributed by atoms with Crippen LogP contribution in [-0.2, 0) is 0 Å². The van der Waals surface area contributed by atoms with E-state index < -0.39 is 5.97 Å². The van der Waals surface area contributed by atoms with Crippen LogP contribution < -0.4 is 4.90 Å². The molecule has 2 heterocycles. The molecular formula is C12H16N2O3. The molecule has 92 valence electrons. The number of aliphatic hydroxyl groups is 1. The number of carbonyl (C=O) groups is 1. The minimum absolute atomic E-state index is 0.0685. The van der Waals surface area contributed by atoms with Gasteiger partial charge in [0.25, 0.3) is 0 Å². The molecule has 1 aliphatic rings. The molecule has 1 saturated heterocycles. The van der Waals surface area contributed by atoms with Gasteiger partial charge in [0.1, 0.15) is 5.69 Å². The van der Waals surface area contributed by atoms with Crippen molar-refractivity contribution in [3.63, 3.8) is 0 Å². The molecule has 0 radical (unpaired) electrons. The summed E-state index contributed by atoms with van der Waals surface area (Å²) in [5, 5.41) is 17.8. The topological polar surface area (TPSA) is 73.7 Å². The Balaban J connectivity index is 2.01. The number of carboxylic acids is 1. The van der Waals surface area contributed by atoms with E-state index in [-0.39, 0.29) is 12.3 Å². The summed E-state index contributed by atoms with van der Waals surface area (Å²) in [5.41, 5.74) is 1.02. The second kappa shape index (κ2) is 5.14. The summed E-state index contributed by atoms with van der Waals surface area (Å²) in [6.45, 7) is 2.03. The predicted octanol–water partition coefficient (Wildman–Crippen LogP) is 0.988. The highest BCUT2D eigenvalue weighted by Gasteiger charge is 2.19. The minimum Gasteiger partial charge on any atom is -0.477 e. The maximum atomic E-state index is 10.7. The molecule has 0 aliphatic carbocycles. The summed E-state index contributed by atoms with van der Waals surface area (Å²) >= 11 is 0. The van der Waals surface area contributed by atoms with Crippen molar-refractivity contribution >= 4 is 11.7 Å². The van der Waals surface area contributed by atoms with Gasteiger partial charge in [-0.2, -0.15) is 0 Å². The molecule has 0 atom stereocenters. The summed E-state index contributed by atoms with van der Waals surface area (Å²) in [6.07, 6.45) is 3.54. The molecule has 0 saturated carbocycles. The number of anilines is 1. The van der Waals surface area contributed by atoms with E-state index in [1.807, 2.05) is 0 Å². The molecule has 1 aliphatic heterocycles. The van der Waals surface area contributed by atoms with E-state index >= 15 is 0 Å². The molecule has 5 heteroatoms. The number of hydrogen-bond donors (Lipinski definition) is 2. The van der Waals surface area contributed by atoms with Crippen LogP contribution in [0.25, 0.3) is 0 Å². The molecule has 2 rings (SSSR count). The van der Waals surface area contributed by atoms with E-state index in [1.165, 1.54) is 6.07 Å². The summed E-state index contributed by atoms with van der Waals surface area (Å²) in [4.78, 5) is 16.7. The normalized spacial score (nSPS) is 17.1. The molecule has 0 bridgehead atoms. The maximum absolute atomic E-state index is 10.7. The Morgan fingerprint density at radius 3 is 2.59 bits per heavy atom. The lowest BCUT2D eigenvalue weighted by molar-refractivity contribution is 0.0690. The summed E-state index contributed by atoms with van der Waals surface area (Å²) in [6, 6.07) is 3.31. The first-order chi connectivity index (χ1) is 8.20. The van der Waals surface area contributed by atoms with Crippen molar-refractivity contribution in [2.24, 2.45) is 5.92 Å². The smallest absolute Gasteiger partial charge is 0.354 e. The van der Waals surface area contributed by atoms with Crippen LogP contribution in [0.5, 0.6) is 0 Å². The van der Waals surface area contributed by atoms with Gasteiger partial charge < -0.3 is 15.1 Å². The van der Waals surface area contributed by atoms with Gasteiger partial charge in [0.15, 0.2) is 0 Å². The molecular weight excluding hydrogens is 220 g/mol.